The van der Waals surface area contributed by atoms with Crippen molar-refractivity contribution in [3.05, 3.63) is 22.4 Å². The maximum Gasteiger partial charge on any atom is 0.201 e. The van der Waals surface area contributed by atoms with Crippen LogP contribution in [0.2, 0.25) is 0 Å². The maximum absolute atomic E-state index is 13.7. The summed E-state index contributed by atoms with van der Waals surface area (Å²) in [6.45, 7) is 3.55. The van der Waals surface area contributed by atoms with Crippen LogP contribution < -0.4 is 5.73 Å². The van der Waals surface area contributed by atoms with E-state index in [-0.39, 0.29) is 11.9 Å². The summed E-state index contributed by atoms with van der Waals surface area (Å²) < 4.78 is 21.5. The van der Waals surface area contributed by atoms with Crippen LogP contribution in [0.25, 0.3) is 11.0 Å². The van der Waals surface area contributed by atoms with Crippen molar-refractivity contribution in [1.82, 2.24) is 9.55 Å². The zero-order chi connectivity index (χ0) is 13.6. The summed E-state index contributed by atoms with van der Waals surface area (Å²) >= 11 is 3.16. The van der Waals surface area contributed by atoms with Gasteiger partial charge in [0.15, 0.2) is 0 Å². The van der Waals surface area contributed by atoms with Crippen LogP contribution in [0, 0.1) is 11.7 Å². The Morgan fingerprint density at radius 2 is 2.37 bits per heavy atom. The Labute approximate surface area is 118 Å². The Balaban J connectivity index is 2.02. The second-order valence-electron chi connectivity index (χ2n) is 4.96. The van der Waals surface area contributed by atoms with Crippen LogP contribution in [0.15, 0.2) is 16.6 Å². The van der Waals surface area contributed by atoms with Gasteiger partial charge >= 0.3 is 0 Å². The average Bonchev–Trinajstić information content (AvgIpc) is 2.88. The van der Waals surface area contributed by atoms with Crippen LogP contribution in [-0.2, 0) is 11.3 Å². The lowest BCUT2D eigenvalue weighted by molar-refractivity contribution is 0.102. The molecule has 0 radical (unpaired) electrons. The number of imidazole rings is 1. The lowest BCUT2D eigenvalue weighted by Gasteiger charge is -2.16. The second kappa shape index (κ2) is 4.76. The molecule has 4 nitrogen and oxygen atoms in total. The van der Waals surface area contributed by atoms with Crippen molar-refractivity contribution >= 4 is 32.9 Å². The molecule has 0 saturated carbocycles. The number of nitrogens with two attached hydrogens (primary N) is 1. The average molecular weight is 328 g/mol. The van der Waals surface area contributed by atoms with Crippen LogP contribution in [0.4, 0.5) is 10.3 Å². The number of nitrogen functional groups attached to an aromatic ring is 1. The minimum absolute atomic E-state index is 0.206. The Bertz CT molecular complexity index is 628. The predicted octanol–water partition coefficient (Wildman–Crippen LogP) is 2.95. The predicted molar refractivity (Wildman–Crippen MR) is 75.3 cm³/mol. The largest absolute Gasteiger partial charge is 0.378 e. The summed E-state index contributed by atoms with van der Waals surface area (Å²) in [5, 5.41) is 0. The van der Waals surface area contributed by atoms with Gasteiger partial charge in [0.2, 0.25) is 5.95 Å². The van der Waals surface area contributed by atoms with Gasteiger partial charge in [0.05, 0.1) is 21.6 Å². The summed E-state index contributed by atoms with van der Waals surface area (Å²) in [6.07, 6.45) is 1.20. The van der Waals surface area contributed by atoms with Crippen molar-refractivity contribution in [2.75, 3.05) is 12.3 Å². The third-order valence-corrected chi connectivity index (χ3v) is 4.38. The Morgan fingerprint density at radius 1 is 1.58 bits per heavy atom. The van der Waals surface area contributed by atoms with E-state index >= 15 is 0 Å². The first-order valence-corrected chi connectivity index (χ1v) is 7.08. The molecule has 3 rings (SSSR count). The van der Waals surface area contributed by atoms with Crippen LogP contribution in [0.5, 0.6) is 0 Å². The molecule has 0 amide bonds. The highest BCUT2D eigenvalue weighted by Crippen LogP contribution is 2.28. The van der Waals surface area contributed by atoms with Crippen molar-refractivity contribution in [2.45, 2.75) is 26.0 Å². The SMILES string of the molecule is CC1OCCC1Cn1c(N)nc2cc(Br)c(F)cc21. The molecule has 6 heteroatoms. The number of nitrogens with zero attached hydrogens (tertiary/aromatic N) is 2. The first-order valence-electron chi connectivity index (χ1n) is 6.28. The van der Waals surface area contributed by atoms with E-state index in [0.29, 0.717) is 28.4 Å². The fourth-order valence-corrected chi connectivity index (χ4v) is 2.91. The maximum atomic E-state index is 13.7. The molecule has 1 fully saturated rings. The van der Waals surface area contributed by atoms with Crippen molar-refractivity contribution in [3.63, 3.8) is 0 Å². The molecular formula is C13H15BrFN3O. The van der Waals surface area contributed by atoms with E-state index in [1.54, 1.807) is 6.07 Å². The number of aromatic nitrogens is 2. The topological polar surface area (TPSA) is 53.1 Å². The normalized spacial score (nSPS) is 23.3. The molecule has 0 spiro atoms. The summed E-state index contributed by atoms with van der Waals surface area (Å²) in [4.78, 5) is 4.29. The van der Waals surface area contributed by atoms with E-state index in [4.69, 9.17) is 10.5 Å². The molecule has 2 atom stereocenters. The Morgan fingerprint density at radius 3 is 3.05 bits per heavy atom. The van der Waals surface area contributed by atoms with Crippen molar-refractivity contribution in [2.24, 2.45) is 5.92 Å². The van der Waals surface area contributed by atoms with Gasteiger partial charge in [-0.1, -0.05) is 0 Å². The molecule has 0 bridgehead atoms. The van der Waals surface area contributed by atoms with Gasteiger partial charge in [0.25, 0.3) is 0 Å². The molecule has 2 heterocycles. The second-order valence-corrected chi connectivity index (χ2v) is 5.81. The molecule has 102 valence electrons. The molecule has 1 saturated heterocycles. The van der Waals surface area contributed by atoms with Gasteiger partial charge in [-0.25, -0.2) is 9.37 Å². The smallest absolute Gasteiger partial charge is 0.201 e. The van der Waals surface area contributed by atoms with E-state index in [1.807, 2.05) is 4.57 Å². The van der Waals surface area contributed by atoms with Gasteiger partial charge < -0.3 is 15.0 Å². The fraction of sp³-hybridized carbons (Fsp3) is 0.462. The summed E-state index contributed by atoms with van der Waals surface area (Å²) in [5.41, 5.74) is 7.39. The number of hydrogen-bond donors (Lipinski definition) is 1. The molecule has 1 aliphatic heterocycles. The molecule has 2 N–H and O–H groups in total. The number of rotatable bonds is 2. The van der Waals surface area contributed by atoms with E-state index in [2.05, 4.69) is 27.8 Å². The third kappa shape index (κ3) is 2.23. The minimum atomic E-state index is -0.302. The standard InChI is InChI=1S/C13H15BrFN3O/c1-7-8(2-3-19-7)6-18-12-5-10(15)9(14)4-11(12)17-13(18)16/h4-5,7-8H,2-3,6H2,1H3,(H2,16,17). The molecule has 1 aromatic carbocycles. The van der Waals surface area contributed by atoms with Crippen molar-refractivity contribution in [3.8, 4) is 0 Å². The number of hydrogen-bond acceptors (Lipinski definition) is 3. The zero-order valence-electron chi connectivity index (χ0n) is 10.6. The number of fused-ring (bicyclic) bond motifs is 1. The summed E-state index contributed by atoms with van der Waals surface area (Å²) in [6, 6.07) is 3.13. The number of halogens is 2. The zero-order valence-corrected chi connectivity index (χ0v) is 12.2. The molecule has 2 aromatic rings. The van der Waals surface area contributed by atoms with Crippen molar-refractivity contribution in [1.29, 1.82) is 0 Å². The quantitative estimate of drug-likeness (QED) is 0.922. The molecule has 2 unspecified atom stereocenters. The molecule has 0 aliphatic carbocycles. The van der Waals surface area contributed by atoms with Crippen LogP contribution >= 0.6 is 15.9 Å². The molecule has 1 aromatic heterocycles. The highest BCUT2D eigenvalue weighted by Gasteiger charge is 2.26. The highest BCUT2D eigenvalue weighted by molar-refractivity contribution is 9.10. The molecular weight excluding hydrogens is 313 g/mol. The van der Waals surface area contributed by atoms with Gasteiger partial charge in [-0.2, -0.15) is 0 Å². The van der Waals surface area contributed by atoms with E-state index in [0.717, 1.165) is 18.5 Å². The Kier molecular flexibility index (Phi) is 3.22. The first-order chi connectivity index (χ1) is 9.06. The number of ether oxygens (including phenoxy) is 1. The third-order valence-electron chi connectivity index (χ3n) is 3.77. The van der Waals surface area contributed by atoms with Gasteiger partial charge in [0, 0.05) is 25.1 Å². The lowest BCUT2D eigenvalue weighted by Crippen LogP contribution is -2.19. The van der Waals surface area contributed by atoms with Gasteiger partial charge in [-0.3, -0.25) is 0 Å². The highest BCUT2D eigenvalue weighted by atomic mass is 79.9. The lowest BCUT2D eigenvalue weighted by atomic mass is 10.0. The van der Waals surface area contributed by atoms with Gasteiger partial charge in [-0.05, 0) is 35.3 Å². The number of anilines is 1. The van der Waals surface area contributed by atoms with Crippen LogP contribution in [0.1, 0.15) is 13.3 Å². The monoisotopic (exact) mass is 327 g/mol. The van der Waals surface area contributed by atoms with Gasteiger partial charge in [0.1, 0.15) is 5.82 Å². The van der Waals surface area contributed by atoms with E-state index in [1.165, 1.54) is 6.07 Å². The van der Waals surface area contributed by atoms with Gasteiger partial charge in [-0.15, -0.1) is 0 Å². The van der Waals surface area contributed by atoms with Crippen molar-refractivity contribution < 1.29 is 9.13 Å². The minimum Gasteiger partial charge on any atom is -0.378 e. The Hall–Kier alpha value is -1.14. The molecule has 19 heavy (non-hydrogen) atoms. The molecule has 1 aliphatic rings. The first kappa shape index (κ1) is 12.9. The van der Waals surface area contributed by atoms with E-state index < -0.39 is 0 Å². The fourth-order valence-electron chi connectivity index (χ4n) is 2.58. The number of benzene rings is 1. The summed E-state index contributed by atoms with van der Waals surface area (Å²) in [5.74, 6) is 0.516. The van der Waals surface area contributed by atoms with E-state index in [9.17, 15) is 4.39 Å². The van der Waals surface area contributed by atoms with Crippen LogP contribution in [-0.4, -0.2) is 22.3 Å². The summed E-state index contributed by atoms with van der Waals surface area (Å²) in [7, 11) is 0. The van der Waals surface area contributed by atoms with Crippen LogP contribution in [0.3, 0.4) is 0 Å².